The van der Waals surface area contributed by atoms with E-state index in [1.165, 1.54) is 0 Å². The highest BCUT2D eigenvalue weighted by Crippen LogP contribution is 2.34. The highest BCUT2D eigenvalue weighted by atomic mass is 35.5. The van der Waals surface area contributed by atoms with E-state index in [4.69, 9.17) is 39.5 Å². The van der Waals surface area contributed by atoms with E-state index in [1.807, 2.05) is 6.92 Å². The van der Waals surface area contributed by atoms with Crippen LogP contribution < -0.4 is 5.32 Å². The minimum atomic E-state index is -0.485. The highest BCUT2D eigenvalue weighted by Gasteiger charge is 2.20. The second-order valence-electron chi connectivity index (χ2n) is 3.60. The van der Waals surface area contributed by atoms with Gasteiger partial charge in [0.25, 0.3) is 0 Å². The highest BCUT2D eigenvalue weighted by molar-refractivity contribution is 6.41. The molecular weight excluding hydrogens is 296 g/mol. The molecule has 18 heavy (non-hydrogen) atoms. The molecule has 0 aliphatic heterocycles. The SMILES string of the molecule is CCOC(=O)C(CC)Nc1c(Cl)cc(Cl)cc1Cl. The van der Waals surface area contributed by atoms with Crippen LogP contribution in [-0.2, 0) is 9.53 Å². The van der Waals surface area contributed by atoms with Crippen molar-refractivity contribution in [2.75, 3.05) is 11.9 Å². The van der Waals surface area contributed by atoms with Gasteiger partial charge in [0.1, 0.15) is 6.04 Å². The monoisotopic (exact) mass is 309 g/mol. The molecule has 0 aliphatic rings. The molecule has 1 aromatic rings. The number of esters is 1. The van der Waals surface area contributed by atoms with Gasteiger partial charge in [-0.1, -0.05) is 41.7 Å². The minimum Gasteiger partial charge on any atom is -0.464 e. The first-order chi connectivity index (χ1) is 8.49. The van der Waals surface area contributed by atoms with Gasteiger partial charge in [0.05, 0.1) is 22.3 Å². The first kappa shape index (κ1) is 15.4. The zero-order chi connectivity index (χ0) is 13.7. The Morgan fingerprint density at radius 3 is 2.28 bits per heavy atom. The Labute approximate surface area is 121 Å². The molecule has 100 valence electrons. The third-order valence-electron chi connectivity index (χ3n) is 2.30. The number of anilines is 1. The predicted octanol–water partition coefficient (Wildman–Crippen LogP) is 4.40. The summed E-state index contributed by atoms with van der Waals surface area (Å²) in [4.78, 5) is 11.7. The Hall–Kier alpha value is -0.640. The maximum absolute atomic E-state index is 11.7. The van der Waals surface area contributed by atoms with Gasteiger partial charge < -0.3 is 10.1 Å². The molecule has 0 radical (unpaired) electrons. The van der Waals surface area contributed by atoms with Crippen LogP contribution in [0.2, 0.25) is 15.1 Å². The number of rotatable bonds is 5. The molecule has 0 fully saturated rings. The molecule has 0 amide bonds. The topological polar surface area (TPSA) is 38.3 Å². The minimum absolute atomic E-state index is 0.331. The summed E-state index contributed by atoms with van der Waals surface area (Å²) in [5.74, 6) is -0.331. The van der Waals surface area contributed by atoms with Crippen LogP contribution in [0.15, 0.2) is 12.1 Å². The standard InChI is InChI=1S/C12H14Cl3NO2/c1-3-10(12(17)18-4-2)16-11-8(14)5-7(13)6-9(11)15/h5-6,10,16H,3-4H2,1-2H3. The van der Waals surface area contributed by atoms with Gasteiger partial charge in [0.15, 0.2) is 0 Å². The number of benzene rings is 1. The van der Waals surface area contributed by atoms with Crippen molar-refractivity contribution >= 4 is 46.5 Å². The number of nitrogens with one attached hydrogen (secondary N) is 1. The summed E-state index contributed by atoms with van der Waals surface area (Å²) in [5.41, 5.74) is 0.489. The molecule has 0 bridgehead atoms. The third-order valence-corrected chi connectivity index (χ3v) is 3.12. The van der Waals surface area contributed by atoms with Crippen molar-refractivity contribution in [2.45, 2.75) is 26.3 Å². The number of hydrogen-bond donors (Lipinski definition) is 1. The van der Waals surface area contributed by atoms with E-state index in [9.17, 15) is 4.79 Å². The van der Waals surface area contributed by atoms with Gasteiger partial charge in [-0.25, -0.2) is 4.79 Å². The molecule has 6 heteroatoms. The molecule has 0 aromatic heterocycles. The number of carbonyl (C=O) groups excluding carboxylic acids is 1. The Bertz CT molecular complexity index is 414. The molecule has 0 aliphatic carbocycles. The lowest BCUT2D eigenvalue weighted by Gasteiger charge is -2.18. The molecular formula is C12H14Cl3NO2. The summed E-state index contributed by atoms with van der Waals surface area (Å²) in [6.07, 6.45) is 0.564. The molecule has 1 atom stereocenters. The zero-order valence-corrected chi connectivity index (χ0v) is 12.4. The lowest BCUT2D eigenvalue weighted by molar-refractivity contribution is -0.144. The smallest absolute Gasteiger partial charge is 0.328 e. The lowest BCUT2D eigenvalue weighted by Crippen LogP contribution is -2.30. The lowest BCUT2D eigenvalue weighted by atomic mass is 10.2. The summed E-state index contributed by atoms with van der Waals surface area (Å²) >= 11 is 17.9. The van der Waals surface area contributed by atoms with Crippen molar-refractivity contribution in [1.82, 2.24) is 0 Å². The molecule has 0 saturated carbocycles. The zero-order valence-electron chi connectivity index (χ0n) is 10.1. The fourth-order valence-electron chi connectivity index (χ4n) is 1.42. The van der Waals surface area contributed by atoms with Gasteiger partial charge in [-0.05, 0) is 25.5 Å². The molecule has 1 aromatic carbocycles. The van der Waals surface area contributed by atoms with Gasteiger partial charge >= 0.3 is 5.97 Å². The van der Waals surface area contributed by atoms with Gasteiger partial charge in [-0.15, -0.1) is 0 Å². The fourth-order valence-corrected chi connectivity index (χ4v) is 2.35. The first-order valence-electron chi connectivity index (χ1n) is 5.57. The van der Waals surface area contributed by atoms with Crippen LogP contribution in [-0.4, -0.2) is 18.6 Å². The van der Waals surface area contributed by atoms with Crippen molar-refractivity contribution in [2.24, 2.45) is 0 Å². The van der Waals surface area contributed by atoms with Gasteiger partial charge in [-0.2, -0.15) is 0 Å². The largest absolute Gasteiger partial charge is 0.464 e. The Balaban J connectivity index is 2.92. The summed E-state index contributed by atoms with van der Waals surface area (Å²) < 4.78 is 4.96. The molecule has 1 unspecified atom stereocenters. The van der Waals surface area contributed by atoms with E-state index in [1.54, 1.807) is 19.1 Å². The van der Waals surface area contributed by atoms with Crippen molar-refractivity contribution in [1.29, 1.82) is 0 Å². The molecule has 0 heterocycles. The van der Waals surface area contributed by atoms with Gasteiger partial charge in [0, 0.05) is 5.02 Å². The van der Waals surface area contributed by atoms with Crippen LogP contribution in [0.4, 0.5) is 5.69 Å². The van der Waals surface area contributed by atoms with Crippen molar-refractivity contribution in [3.63, 3.8) is 0 Å². The number of ether oxygens (including phenoxy) is 1. The van der Waals surface area contributed by atoms with E-state index in [0.717, 1.165) is 0 Å². The van der Waals surface area contributed by atoms with E-state index in [-0.39, 0.29) is 5.97 Å². The quantitative estimate of drug-likeness (QED) is 0.819. The Kier molecular flexibility index (Phi) is 6.06. The average Bonchev–Trinajstić information content (AvgIpc) is 2.28. The molecule has 1 rings (SSSR count). The number of hydrogen-bond acceptors (Lipinski definition) is 3. The van der Waals surface area contributed by atoms with Crippen LogP contribution >= 0.6 is 34.8 Å². The van der Waals surface area contributed by atoms with Crippen LogP contribution in [0.25, 0.3) is 0 Å². The summed E-state index contributed by atoms with van der Waals surface area (Å²) in [5, 5.41) is 4.17. The first-order valence-corrected chi connectivity index (χ1v) is 6.70. The second kappa shape index (κ2) is 7.07. The second-order valence-corrected chi connectivity index (χ2v) is 4.85. The summed E-state index contributed by atoms with van der Waals surface area (Å²) in [7, 11) is 0. The van der Waals surface area contributed by atoms with Gasteiger partial charge in [0.2, 0.25) is 0 Å². The Morgan fingerprint density at radius 1 is 1.28 bits per heavy atom. The van der Waals surface area contributed by atoms with Crippen LogP contribution in [0.1, 0.15) is 20.3 Å². The van der Waals surface area contributed by atoms with E-state index in [2.05, 4.69) is 5.32 Å². The van der Waals surface area contributed by atoms with Crippen molar-refractivity contribution < 1.29 is 9.53 Å². The van der Waals surface area contributed by atoms with Crippen molar-refractivity contribution in [3.05, 3.63) is 27.2 Å². The van der Waals surface area contributed by atoms with E-state index in [0.29, 0.717) is 33.8 Å². The van der Waals surface area contributed by atoms with Gasteiger partial charge in [-0.3, -0.25) is 0 Å². The number of carbonyl (C=O) groups is 1. The average molecular weight is 311 g/mol. The summed E-state index contributed by atoms with van der Waals surface area (Å²) in [6, 6.07) is 2.64. The van der Waals surface area contributed by atoms with Crippen LogP contribution in [0.5, 0.6) is 0 Å². The van der Waals surface area contributed by atoms with Crippen molar-refractivity contribution in [3.8, 4) is 0 Å². The molecule has 0 saturated heterocycles. The Morgan fingerprint density at radius 2 is 1.83 bits per heavy atom. The molecule has 3 nitrogen and oxygen atoms in total. The molecule has 1 N–H and O–H groups in total. The molecule has 0 spiro atoms. The van der Waals surface area contributed by atoms with E-state index < -0.39 is 6.04 Å². The van der Waals surface area contributed by atoms with Crippen LogP contribution in [0, 0.1) is 0 Å². The maximum atomic E-state index is 11.7. The normalized spacial score (nSPS) is 12.1. The summed E-state index contributed by atoms with van der Waals surface area (Å²) in [6.45, 7) is 3.96. The van der Waals surface area contributed by atoms with Crippen LogP contribution in [0.3, 0.4) is 0 Å². The number of halogens is 3. The predicted molar refractivity (Wildman–Crippen MR) is 75.8 cm³/mol. The fraction of sp³-hybridized carbons (Fsp3) is 0.417. The van der Waals surface area contributed by atoms with E-state index >= 15 is 0 Å². The maximum Gasteiger partial charge on any atom is 0.328 e. The third kappa shape index (κ3) is 3.94.